The van der Waals surface area contributed by atoms with Gasteiger partial charge < -0.3 is 15.2 Å². The lowest BCUT2D eigenvalue weighted by Crippen LogP contribution is -2.22. The molecule has 5 heteroatoms. The Morgan fingerprint density at radius 1 is 1.38 bits per heavy atom. The molecule has 0 atom stereocenters. The highest BCUT2D eigenvalue weighted by molar-refractivity contribution is 5.95. The van der Waals surface area contributed by atoms with E-state index >= 15 is 0 Å². The van der Waals surface area contributed by atoms with Crippen LogP contribution in [-0.4, -0.2) is 22.0 Å². The molecule has 21 heavy (non-hydrogen) atoms. The van der Waals surface area contributed by atoms with Crippen molar-refractivity contribution in [2.24, 2.45) is 0 Å². The Labute approximate surface area is 125 Å². The van der Waals surface area contributed by atoms with Crippen molar-refractivity contribution >= 4 is 11.6 Å². The second-order valence-electron chi connectivity index (χ2n) is 5.18. The lowest BCUT2D eigenvalue weighted by atomic mass is 10.2. The lowest BCUT2D eigenvalue weighted by molar-refractivity contribution is 0.0956. The van der Waals surface area contributed by atoms with Crippen LogP contribution in [0.5, 0.6) is 0 Å². The average molecular weight is 286 g/mol. The van der Waals surface area contributed by atoms with Crippen LogP contribution in [0, 0.1) is 0 Å². The summed E-state index contributed by atoms with van der Waals surface area (Å²) < 4.78 is 2.13. The summed E-state index contributed by atoms with van der Waals surface area (Å²) in [5.74, 6) is -0.0478. The smallest absolute Gasteiger partial charge is 0.251 e. The zero-order valence-corrected chi connectivity index (χ0v) is 12.8. The fourth-order valence-electron chi connectivity index (χ4n) is 2.16. The predicted octanol–water partition coefficient (Wildman–Crippen LogP) is 2.83. The van der Waals surface area contributed by atoms with E-state index in [-0.39, 0.29) is 5.91 Å². The van der Waals surface area contributed by atoms with Crippen molar-refractivity contribution < 1.29 is 4.79 Å². The third-order valence-electron chi connectivity index (χ3n) is 3.24. The molecule has 0 saturated heterocycles. The largest absolute Gasteiger partial charge is 0.379 e. The van der Waals surface area contributed by atoms with Crippen molar-refractivity contribution in [3.05, 3.63) is 48.0 Å². The Bertz CT molecular complexity index is 604. The molecule has 0 spiro atoms. The number of carbonyl (C=O) groups excluding carboxylic acids is 1. The number of nitrogens with one attached hydrogen (secondary N) is 2. The van der Waals surface area contributed by atoms with Gasteiger partial charge in [0.2, 0.25) is 0 Å². The molecular weight excluding hydrogens is 264 g/mol. The van der Waals surface area contributed by atoms with E-state index in [9.17, 15) is 4.79 Å². The van der Waals surface area contributed by atoms with Crippen molar-refractivity contribution in [1.82, 2.24) is 14.9 Å². The first kappa shape index (κ1) is 15.1. The number of amides is 1. The molecule has 0 aliphatic carbocycles. The number of imidazole rings is 1. The maximum absolute atomic E-state index is 11.8. The lowest BCUT2D eigenvalue weighted by Gasteiger charge is -2.13. The van der Waals surface area contributed by atoms with Crippen LogP contribution >= 0.6 is 0 Å². The van der Waals surface area contributed by atoms with Crippen LogP contribution in [-0.2, 0) is 6.54 Å². The molecule has 2 aromatic rings. The molecule has 0 radical (unpaired) electrons. The fraction of sp³-hybridized carbons (Fsp3) is 0.375. The third-order valence-corrected chi connectivity index (χ3v) is 3.24. The third kappa shape index (κ3) is 3.84. The Morgan fingerprint density at radius 2 is 2.19 bits per heavy atom. The molecule has 1 heterocycles. The van der Waals surface area contributed by atoms with Gasteiger partial charge in [-0.2, -0.15) is 0 Å². The van der Waals surface area contributed by atoms with Gasteiger partial charge >= 0.3 is 0 Å². The monoisotopic (exact) mass is 286 g/mol. The van der Waals surface area contributed by atoms with Crippen LogP contribution in [0.2, 0.25) is 0 Å². The number of hydrogen-bond donors (Lipinski definition) is 2. The average Bonchev–Trinajstić information content (AvgIpc) is 2.94. The zero-order chi connectivity index (χ0) is 15.2. The molecule has 0 unspecified atom stereocenters. The summed E-state index contributed by atoms with van der Waals surface area (Å²) in [4.78, 5) is 16.0. The van der Waals surface area contributed by atoms with Crippen molar-refractivity contribution in [2.75, 3.05) is 11.9 Å². The first-order valence-electron chi connectivity index (χ1n) is 7.24. The van der Waals surface area contributed by atoms with Gasteiger partial charge in [0.25, 0.3) is 5.91 Å². The number of hydrogen-bond acceptors (Lipinski definition) is 3. The van der Waals surface area contributed by atoms with Gasteiger partial charge in [-0.25, -0.2) is 4.98 Å². The second kappa shape index (κ2) is 6.92. The molecule has 0 saturated carbocycles. The van der Waals surface area contributed by atoms with Crippen LogP contribution < -0.4 is 10.6 Å². The number of benzene rings is 1. The number of carbonyl (C=O) groups is 1. The first-order chi connectivity index (χ1) is 10.1. The van der Waals surface area contributed by atoms with E-state index in [2.05, 4.69) is 34.0 Å². The number of rotatable bonds is 6. The summed E-state index contributed by atoms with van der Waals surface area (Å²) >= 11 is 0. The predicted molar refractivity (Wildman–Crippen MR) is 84.4 cm³/mol. The van der Waals surface area contributed by atoms with Crippen LogP contribution in [0.4, 0.5) is 5.69 Å². The highest BCUT2D eigenvalue weighted by Gasteiger charge is 2.07. The van der Waals surface area contributed by atoms with Gasteiger partial charge in [0.15, 0.2) is 0 Å². The molecule has 0 bridgehead atoms. The summed E-state index contributed by atoms with van der Waals surface area (Å²) in [5, 5.41) is 6.14. The normalized spacial score (nSPS) is 10.7. The summed E-state index contributed by atoms with van der Waals surface area (Å²) in [6.07, 6.45) is 3.70. The van der Waals surface area contributed by atoms with Crippen LogP contribution in [0.15, 0.2) is 36.8 Å². The molecule has 0 aliphatic rings. The maximum Gasteiger partial charge on any atom is 0.251 e. The minimum absolute atomic E-state index is 0.0478. The first-order valence-corrected chi connectivity index (χ1v) is 7.24. The standard InChI is InChI=1S/C16H22N4O/c1-4-18-16(21)13-6-5-7-14(8-13)19-10-15-9-17-11-20(15)12(2)3/h5-9,11-12,19H,4,10H2,1-3H3,(H,18,21). The minimum Gasteiger partial charge on any atom is -0.379 e. The van der Waals surface area contributed by atoms with E-state index in [4.69, 9.17) is 0 Å². The Kier molecular flexibility index (Phi) is 4.98. The van der Waals surface area contributed by atoms with Gasteiger partial charge in [-0.15, -0.1) is 0 Å². The van der Waals surface area contributed by atoms with Gasteiger partial charge in [0.1, 0.15) is 0 Å². The van der Waals surface area contributed by atoms with E-state index in [0.29, 0.717) is 24.7 Å². The SMILES string of the molecule is CCNC(=O)c1cccc(NCc2cncn2C(C)C)c1. The maximum atomic E-state index is 11.8. The molecule has 1 aromatic heterocycles. The summed E-state index contributed by atoms with van der Waals surface area (Å²) in [6.45, 7) is 7.47. The Morgan fingerprint density at radius 3 is 2.90 bits per heavy atom. The van der Waals surface area contributed by atoms with Crippen LogP contribution in [0.3, 0.4) is 0 Å². The van der Waals surface area contributed by atoms with E-state index in [1.807, 2.05) is 43.7 Å². The molecule has 2 rings (SSSR count). The molecule has 1 amide bonds. The number of anilines is 1. The van der Waals surface area contributed by atoms with Crippen LogP contribution in [0.25, 0.3) is 0 Å². The van der Waals surface area contributed by atoms with Gasteiger partial charge in [0.05, 0.1) is 18.6 Å². The topological polar surface area (TPSA) is 59.0 Å². The van der Waals surface area contributed by atoms with Crippen LogP contribution in [0.1, 0.15) is 42.9 Å². The van der Waals surface area contributed by atoms with E-state index in [1.165, 1.54) is 0 Å². The fourth-order valence-corrected chi connectivity index (χ4v) is 2.16. The number of nitrogens with zero attached hydrogens (tertiary/aromatic N) is 2. The van der Waals surface area contributed by atoms with Gasteiger partial charge in [0, 0.05) is 30.0 Å². The minimum atomic E-state index is -0.0478. The Balaban J connectivity index is 2.05. The zero-order valence-electron chi connectivity index (χ0n) is 12.8. The molecule has 112 valence electrons. The molecular formula is C16H22N4O. The number of aromatic nitrogens is 2. The molecule has 0 aliphatic heterocycles. The summed E-state index contributed by atoms with van der Waals surface area (Å²) in [7, 11) is 0. The molecule has 5 nitrogen and oxygen atoms in total. The van der Waals surface area contributed by atoms with Gasteiger partial charge in [-0.3, -0.25) is 4.79 Å². The van der Waals surface area contributed by atoms with Crippen molar-refractivity contribution in [2.45, 2.75) is 33.4 Å². The Hall–Kier alpha value is -2.30. The van der Waals surface area contributed by atoms with Gasteiger partial charge in [-0.05, 0) is 39.0 Å². The van der Waals surface area contributed by atoms with Crippen molar-refractivity contribution in [3.63, 3.8) is 0 Å². The van der Waals surface area contributed by atoms with Gasteiger partial charge in [-0.1, -0.05) is 6.07 Å². The van der Waals surface area contributed by atoms with E-state index in [1.54, 1.807) is 0 Å². The van der Waals surface area contributed by atoms with Crippen molar-refractivity contribution in [3.8, 4) is 0 Å². The summed E-state index contributed by atoms with van der Waals surface area (Å²) in [5.41, 5.74) is 2.71. The quantitative estimate of drug-likeness (QED) is 0.858. The summed E-state index contributed by atoms with van der Waals surface area (Å²) in [6, 6.07) is 7.90. The van der Waals surface area contributed by atoms with E-state index < -0.39 is 0 Å². The second-order valence-corrected chi connectivity index (χ2v) is 5.18. The molecule has 0 fully saturated rings. The van der Waals surface area contributed by atoms with E-state index in [0.717, 1.165) is 11.4 Å². The highest BCUT2D eigenvalue weighted by atomic mass is 16.1. The van der Waals surface area contributed by atoms with Crippen molar-refractivity contribution in [1.29, 1.82) is 0 Å². The molecule has 1 aromatic carbocycles. The highest BCUT2D eigenvalue weighted by Crippen LogP contribution is 2.14. The molecule has 2 N–H and O–H groups in total.